The van der Waals surface area contributed by atoms with Gasteiger partial charge in [0.15, 0.2) is 15.7 Å². The number of rotatable bonds is 8. The molecule has 1 aromatic heterocycles. The van der Waals surface area contributed by atoms with Crippen molar-refractivity contribution in [1.82, 2.24) is 15.2 Å². The molecule has 0 fully saturated rings. The first-order valence-corrected chi connectivity index (χ1v) is 12.4. The normalized spacial score (nSPS) is 15.2. The molecular weight excluding hydrogens is 428 g/mol. The van der Waals surface area contributed by atoms with E-state index in [-0.39, 0.29) is 16.7 Å². The van der Waals surface area contributed by atoms with Crippen molar-refractivity contribution in [2.75, 3.05) is 32.4 Å². The fraction of sp³-hybridized carbons (Fsp3) is 0.391. The van der Waals surface area contributed by atoms with Crippen LogP contribution in [0.1, 0.15) is 33.3 Å². The van der Waals surface area contributed by atoms with E-state index in [2.05, 4.69) is 34.0 Å². The third kappa shape index (κ3) is 6.54. The van der Waals surface area contributed by atoms with E-state index >= 15 is 0 Å². The number of allylic oxidation sites excluding steroid dienone is 1. The Labute approximate surface area is 190 Å². The highest BCUT2D eigenvalue weighted by Crippen LogP contribution is 2.28. The number of nitrogens with zero attached hydrogens (tertiary/aromatic N) is 2. The van der Waals surface area contributed by atoms with Gasteiger partial charge in [-0.1, -0.05) is 13.8 Å². The Morgan fingerprint density at radius 3 is 2.53 bits per heavy atom. The van der Waals surface area contributed by atoms with Gasteiger partial charge in [-0.3, -0.25) is 9.79 Å². The summed E-state index contributed by atoms with van der Waals surface area (Å²) in [5, 5.41) is 13.3. The van der Waals surface area contributed by atoms with E-state index in [1.165, 1.54) is 30.5 Å². The predicted octanol–water partition coefficient (Wildman–Crippen LogP) is 2.84. The van der Waals surface area contributed by atoms with Crippen LogP contribution in [-0.2, 0) is 14.6 Å². The summed E-state index contributed by atoms with van der Waals surface area (Å²) in [6, 6.07) is 5.85. The minimum absolute atomic E-state index is 0.104. The van der Waals surface area contributed by atoms with Crippen LogP contribution in [0.3, 0.4) is 0 Å². The summed E-state index contributed by atoms with van der Waals surface area (Å²) < 4.78 is 23.9. The molecule has 3 N–H and O–H groups in total. The van der Waals surface area contributed by atoms with Crippen molar-refractivity contribution in [1.29, 1.82) is 0 Å². The summed E-state index contributed by atoms with van der Waals surface area (Å²) in [6.45, 7) is 10.9. The van der Waals surface area contributed by atoms with Crippen LogP contribution in [0.15, 0.2) is 57.2 Å². The van der Waals surface area contributed by atoms with E-state index in [9.17, 15) is 18.3 Å². The molecule has 1 aliphatic rings. The average Bonchev–Trinajstić information content (AvgIpc) is 3.05. The van der Waals surface area contributed by atoms with Crippen LogP contribution in [0, 0.1) is 0 Å². The van der Waals surface area contributed by atoms with Crippen LogP contribution in [0.2, 0.25) is 0 Å². The maximum Gasteiger partial charge on any atom is 0.253 e. The van der Waals surface area contributed by atoms with Crippen molar-refractivity contribution >= 4 is 27.5 Å². The van der Waals surface area contributed by atoms with E-state index in [4.69, 9.17) is 0 Å². The molecule has 0 bridgehead atoms. The van der Waals surface area contributed by atoms with Crippen LogP contribution >= 0.6 is 0 Å². The van der Waals surface area contributed by atoms with Gasteiger partial charge in [-0.2, -0.15) is 0 Å². The van der Waals surface area contributed by atoms with Gasteiger partial charge < -0.3 is 20.3 Å². The molecule has 8 nitrogen and oxygen atoms in total. The number of H-pyrrole nitrogens is 1. The maximum atomic E-state index is 12.8. The zero-order valence-electron chi connectivity index (χ0n) is 19.3. The Kier molecular flexibility index (Phi) is 8.80. The first kappa shape index (κ1) is 25.4. The second-order valence-corrected chi connectivity index (χ2v) is 9.51. The summed E-state index contributed by atoms with van der Waals surface area (Å²) in [5.74, 6) is -0.350. The van der Waals surface area contributed by atoms with Gasteiger partial charge in [0.05, 0.1) is 21.9 Å². The molecular formula is C23H32N4O4S. The Morgan fingerprint density at radius 2 is 1.91 bits per heavy atom. The summed E-state index contributed by atoms with van der Waals surface area (Å²) in [4.78, 5) is 22.3. The lowest BCUT2D eigenvalue weighted by Crippen LogP contribution is -2.36. The van der Waals surface area contributed by atoms with Gasteiger partial charge in [0.2, 0.25) is 0 Å². The minimum Gasteiger partial charge on any atom is -0.494 e. The summed E-state index contributed by atoms with van der Waals surface area (Å²) in [7, 11) is -3.43. The minimum atomic E-state index is -3.43. The Bertz CT molecular complexity index is 1110. The number of sulfone groups is 1. The third-order valence-electron chi connectivity index (χ3n) is 5.24. The highest BCUT2D eigenvalue weighted by molar-refractivity contribution is 7.90. The lowest BCUT2D eigenvalue weighted by Gasteiger charge is -2.18. The van der Waals surface area contributed by atoms with Gasteiger partial charge in [-0.05, 0) is 62.9 Å². The molecule has 32 heavy (non-hydrogen) atoms. The SMILES string of the molecule is CCN(CC)CCNC(=O)C1=C(C)C(=Cc2ccc(S(C)(=O)=O)ccc[nH]c2O)N=C1C. The third-order valence-corrected chi connectivity index (χ3v) is 6.37. The molecule has 9 heteroatoms. The van der Waals surface area contributed by atoms with Gasteiger partial charge in [0.1, 0.15) is 0 Å². The number of aliphatic imine (C=N–C) groups is 1. The molecule has 2 heterocycles. The number of aromatic nitrogens is 1. The van der Waals surface area contributed by atoms with E-state index in [1.807, 2.05) is 0 Å². The molecule has 0 unspecified atom stereocenters. The number of carbonyl (C=O) groups excluding carboxylic acids is 1. The Morgan fingerprint density at radius 1 is 1.22 bits per heavy atom. The quantitative estimate of drug-likeness (QED) is 0.552. The van der Waals surface area contributed by atoms with Crippen molar-refractivity contribution in [2.24, 2.45) is 4.99 Å². The molecule has 0 aromatic carbocycles. The molecule has 1 aliphatic heterocycles. The van der Waals surface area contributed by atoms with E-state index in [0.717, 1.165) is 25.9 Å². The number of hydrogen-bond acceptors (Lipinski definition) is 6. The first-order valence-electron chi connectivity index (χ1n) is 10.5. The van der Waals surface area contributed by atoms with Gasteiger partial charge in [-0.15, -0.1) is 0 Å². The van der Waals surface area contributed by atoms with Crippen molar-refractivity contribution in [3.8, 4) is 5.88 Å². The number of aromatic hydroxyl groups is 1. The van der Waals surface area contributed by atoms with Crippen LogP contribution in [0.25, 0.3) is 6.08 Å². The Hall–Kier alpha value is -2.91. The average molecular weight is 461 g/mol. The van der Waals surface area contributed by atoms with E-state index in [0.29, 0.717) is 34.7 Å². The summed E-state index contributed by atoms with van der Waals surface area (Å²) in [5.41, 5.74) is 2.64. The van der Waals surface area contributed by atoms with Crippen molar-refractivity contribution in [3.05, 3.63) is 52.9 Å². The molecule has 0 radical (unpaired) electrons. The highest BCUT2D eigenvalue weighted by Gasteiger charge is 2.23. The van der Waals surface area contributed by atoms with Crippen molar-refractivity contribution in [2.45, 2.75) is 32.6 Å². The highest BCUT2D eigenvalue weighted by atomic mass is 32.2. The van der Waals surface area contributed by atoms with Crippen molar-refractivity contribution in [3.63, 3.8) is 0 Å². The first-order chi connectivity index (χ1) is 15.1. The van der Waals surface area contributed by atoms with Crippen LogP contribution in [0.4, 0.5) is 0 Å². The Balaban J connectivity index is 2.38. The molecule has 0 atom stereocenters. The number of hydrogen-bond donors (Lipinski definition) is 3. The van der Waals surface area contributed by atoms with E-state index < -0.39 is 9.84 Å². The van der Waals surface area contributed by atoms with Crippen molar-refractivity contribution < 1.29 is 18.3 Å². The number of nitrogens with one attached hydrogen (secondary N) is 2. The van der Waals surface area contributed by atoms with Crippen LogP contribution in [-0.4, -0.2) is 67.5 Å². The number of carbonyl (C=O) groups is 1. The summed E-state index contributed by atoms with van der Waals surface area (Å²) >= 11 is 0. The molecule has 0 aliphatic carbocycles. The monoisotopic (exact) mass is 460 g/mol. The number of aromatic amines is 1. The fourth-order valence-corrected chi connectivity index (χ4v) is 3.96. The predicted molar refractivity (Wildman–Crippen MR) is 128 cm³/mol. The molecule has 1 amide bonds. The number of likely N-dealkylation sites (N-methyl/N-ethyl adjacent to an activating group) is 1. The molecule has 1 aromatic rings. The molecule has 0 saturated carbocycles. The zero-order chi connectivity index (χ0) is 23.9. The molecule has 2 rings (SSSR count). The zero-order valence-corrected chi connectivity index (χ0v) is 20.1. The topological polar surface area (TPSA) is 115 Å². The van der Waals surface area contributed by atoms with E-state index in [1.54, 1.807) is 19.9 Å². The van der Waals surface area contributed by atoms with Crippen LogP contribution < -0.4 is 5.32 Å². The standard InChI is InChI=1S/C23H32N4O4S/c1-6-27(7-2)14-13-25-23(29)21-16(3)20(26-17(21)4)15-18-10-11-19(32(5,30)31)9-8-12-24-22(18)28/h8-12,15,24,28H,6-7,13-14H2,1-5H3,(H,25,29). The van der Waals surface area contributed by atoms with Gasteiger partial charge in [0.25, 0.3) is 5.91 Å². The lowest BCUT2D eigenvalue weighted by molar-refractivity contribution is -0.117. The van der Waals surface area contributed by atoms with Gasteiger partial charge >= 0.3 is 0 Å². The molecule has 0 saturated heterocycles. The van der Waals surface area contributed by atoms with Gasteiger partial charge in [-0.25, -0.2) is 8.42 Å². The maximum absolute atomic E-state index is 12.8. The second kappa shape index (κ2) is 11.1. The summed E-state index contributed by atoms with van der Waals surface area (Å²) in [6.07, 6.45) is 4.17. The van der Waals surface area contributed by atoms with Crippen LogP contribution in [0.5, 0.6) is 5.88 Å². The molecule has 0 spiro atoms. The van der Waals surface area contributed by atoms with Gasteiger partial charge in [0, 0.05) is 31.1 Å². The fourth-order valence-electron chi connectivity index (χ4n) is 3.32. The smallest absolute Gasteiger partial charge is 0.253 e. The largest absolute Gasteiger partial charge is 0.494 e. The number of amides is 1. The second-order valence-electron chi connectivity index (χ2n) is 7.49. The lowest BCUT2D eigenvalue weighted by atomic mass is 10.0. The molecule has 174 valence electrons.